The quantitative estimate of drug-likeness (QED) is 0.610. The SMILES string of the molecule is CC(=O)N[C@H]1CCN(CC(=O)O)C1. The Morgan fingerprint density at radius 2 is 2.31 bits per heavy atom. The van der Waals surface area contributed by atoms with Crippen molar-refractivity contribution < 1.29 is 14.7 Å². The van der Waals surface area contributed by atoms with E-state index in [1.54, 1.807) is 0 Å². The molecule has 5 heteroatoms. The Labute approximate surface area is 76.7 Å². The normalized spacial score (nSPS) is 23.0. The van der Waals surface area contributed by atoms with Crippen LogP contribution in [-0.4, -0.2) is 47.6 Å². The van der Waals surface area contributed by atoms with E-state index in [0.29, 0.717) is 6.54 Å². The van der Waals surface area contributed by atoms with Gasteiger partial charge in [-0.3, -0.25) is 14.5 Å². The van der Waals surface area contributed by atoms with Crippen LogP contribution in [0.3, 0.4) is 0 Å². The van der Waals surface area contributed by atoms with Crippen molar-refractivity contribution in [2.45, 2.75) is 19.4 Å². The summed E-state index contributed by atoms with van der Waals surface area (Å²) in [6.45, 7) is 2.93. The van der Waals surface area contributed by atoms with Gasteiger partial charge < -0.3 is 10.4 Å². The number of hydrogen-bond acceptors (Lipinski definition) is 3. The van der Waals surface area contributed by atoms with Crippen LogP contribution in [0.15, 0.2) is 0 Å². The van der Waals surface area contributed by atoms with E-state index in [0.717, 1.165) is 13.0 Å². The number of carboxylic acid groups (broad SMARTS) is 1. The van der Waals surface area contributed by atoms with Crippen LogP contribution in [0.4, 0.5) is 0 Å². The van der Waals surface area contributed by atoms with E-state index in [1.807, 2.05) is 4.90 Å². The fraction of sp³-hybridized carbons (Fsp3) is 0.750. The molecule has 1 saturated heterocycles. The molecular weight excluding hydrogens is 172 g/mol. The maximum Gasteiger partial charge on any atom is 0.317 e. The van der Waals surface area contributed by atoms with E-state index >= 15 is 0 Å². The summed E-state index contributed by atoms with van der Waals surface area (Å²) >= 11 is 0. The highest BCUT2D eigenvalue weighted by atomic mass is 16.4. The Morgan fingerprint density at radius 1 is 1.62 bits per heavy atom. The standard InChI is InChI=1S/C8H14N2O3/c1-6(11)9-7-2-3-10(4-7)5-8(12)13/h7H,2-5H2,1H3,(H,9,11)(H,12,13)/t7-/m0/s1. The van der Waals surface area contributed by atoms with Crippen molar-refractivity contribution in [3.8, 4) is 0 Å². The molecule has 0 aromatic rings. The third kappa shape index (κ3) is 3.42. The number of aliphatic carboxylic acids is 1. The topological polar surface area (TPSA) is 69.6 Å². The monoisotopic (exact) mass is 186 g/mol. The maximum absolute atomic E-state index is 10.7. The Hall–Kier alpha value is -1.10. The first kappa shape index (κ1) is 9.98. The summed E-state index contributed by atoms with van der Waals surface area (Å²) in [5, 5.41) is 11.3. The fourth-order valence-corrected chi connectivity index (χ4v) is 1.57. The summed E-state index contributed by atoms with van der Waals surface area (Å²) in [6, 6.07) is 0.122. The third-order valence-corrected chi connectivity index (χ3v) is 2.04. The lowest BCUT2D eigenvalue weighted by atomic mass is 10.3. The minimum Gasteiger partial charge on any atom is -0.480 e. The van der Waals surface area contributed by atoms with Crippen LogP contribution >= 0.6 is 0 Å². The molecule has 0 aromatic heterocycles. The summed E-state index contributed by atoms with van der Waals surface area (Å²) in [5.41, 5.74) is 0. The van der Waals surface area contributed by atoms with Crippen molar-refractivity contribution in [1.29, 1.82) is 0 Å². The van der Waals surface area contributed by atoms with Gasteiger partial charge in [0.1, 0.15) is 0 Å². The van der Waals surface area contributed by atoms with E-state index in [9.17, 15) is 9.59 Å². The third-order valence-electron chi connectivity index (χ3n) is 2.04. The Balaban J connectivity index is 2.27. The molecule has 0 aromatic carbocycles. The van der Waals surface area contributed by atoms with Crippen LogP contribution in [0.2, 0.25) is 0 Å². The Morgan fingerprint density at radius 3 is 2.85 bits per heavy atom. The molecule has 1 atom stereocenters. The molecule has 1 fully saturated rings. The number of carbonyl (C=O) groups excluding carboxylic acids is 1. The fourth-order valence-electron chi connectivity index (χ4n) is 1.57. The van der Waals surface area contributed by atoms with Crippen LogP contribution in [0.1, 0.15) is 13.3 Å². The molecule has 1 aliphatic heterocycles. The first-order valence-corrected chi connectivity index (χ1v) is 4.29. The highest BCUT2D eigenvalue weighted by Gasteiger charge is 2.23. The molecular formula is C8H14N2O3. The molecule has 1 aliphatic rings. The van der Waals surface area contributed by atoms with Crippen LogP contribution in [0, 0.1) is 0 Å². The van der Waals surface area contributed by atoms with Crippen molar-refractivity contribution in [3.63, 3.8) is 0 Å². The predicted molar refractivity (Wildman–Crippen MR) is 46.3 cm³/mol. The summed E-state index contributed by atoms with van der Waals surface area (Å²) < 4.78 is 0. The van der Waals surface area contributed by atoms with Gasteiger partial charge in [0.25, 0.3) is 0 Å². The van der Waals surface area contributed by atoms with Gasteiger partial charge in [-0.15, -0.1) is 0 Å². The second-order valence-corrected chi connectivity index (χ2v) is 3.31. The molecule has 0 bridgehead atoms. The number of carboxylic acids is 1. The van der Waals surface area contributed by atoms with Crippen molar-refractivity contribution in [2.24, 2.45) is 0 Å². The lowest BCUT2D eigenvalue weighted by Crippen LogP contribution is -2.36. The number of nitrogens with zero attached hydrogens (tertiary/aromatic N) is 1. The Kier molecular flexibility index (Phi) is 3.25. The molecule has 0 unspecified atom stereocenters. The molecule has 1 heterocycles. The van der Waals surface area contributed by atoms with Crippen molar-refractivity contribution >= 4 is 11.9 Å². The minimum atomic E-state index is -0.816. The maximum atomic E-state index is 10.7. The van der Waals surface area contributed by atoms with Crippen molar-refractivity contribution in [2.75, 3.05) is 19.6 Å². The van der Waals surface area contributed by atoms with Crippen LogP contribution in [-0.2, 0) is 9.59 Å². The molecule has 0 saturated carbocycles. The molecule has 5 nitrogen and oxygen atoms in total. The molecule has 1 rings (SSSR count). The van der Waals surface area contributed by atoms with Gasteiger partial charge in [-0.2, -0.15) is 0 Å². The number of amides is 1. The number of likely N-dealkylation sites (tertiary alicyclic amines) is 1. The van der Waals surface area contributed by atoms with Gasteiger partial charge in [0.15, 0.2) is 0 Å². The molecule has 0 radical (unpaired) electrons. The lowest BCUT2D eigenvalue weighted by molar-refractivity contribution is -0.138. The zero-order chi connectivity index (χ0) is 9.84. The van der Waals surface area contributed by atoms with Gasteiger partial charge in [-0.1, -0.05) is 0 Å². The van der Waals surface area contributed by atoms with Gasteiger partial charge in [0, 0.05) is 26.1 Å². The Bertz CT molecular complexity index is 195. The second-order valence-electron chi connectivity index (χ2n) is 3.31. The highest BCUT2D eigenvalue weighted by Crippen LogP contribution is 2.07. The van der Waals surface area contributed by atoms with Gasteiger partial charge in [0.2, 0.25) is 5.91 Å². The summed E-state index contributed by atoms with van der Waals surface area (Å²) in [6.07, 6.45) is 0.840. The van der Waals surface area contributed by atoms with Gasteiger partial charge >= 0.3 is 5.97 Å². The van der Waals surface area contributed by atoms with Crippen LogP contribution in [0.5, 0.6) is 0 Å². The second kappa shape index (κ2) is 4.23. The number of rotatable bonds is 3. The average molecular weight is 186 g/mol. The number of hydrogen-bond donors (Lipinski definition) is 2. The van der Waals surface area contributed by atoms with Gasteiger partial charge in [0.05, 0.1) is 6.54 Å². The largest absolute Gasteiger partial charge is 0.480 e. The number of carbonyl (C=O) groups is 2. The van der Waals surface area contributed by atoms with Crippen molar-refractivity contribution in [3.05, 3.63) is 0 Å². The highest BCUT2D eigenvalue weighted by molar-refractivity contribution is 5.73. The molecule has 0 spiro atoms. The zero-order valence-electron chi connectivity index (χ0n) is 7.62. The first-order chi connectivity index (χ1) is 6.08. The lowest BCUT2D eigenvalue weighted by Gasteiger charge is -2.13. The van der Waals surface area contributed by atoms with Crippen LogP contribution in [0.25, 0.3) is 0 Å². The van der Waals surface area contributed by atoms with E-state index in [4.69, 9.17) is 5.11 Å². The summed E-state index contributed by atoms with van der Waals surface area (Å²) in [4.78, 5) is 22.9. The smallest absolute Gasteiger partial charge is 0.317 e. The van der Waals surface area contributed by atoms with Crippen molar-refractivity contribution in [1.82, 2.24) is 10.2 Å². The average Bonchev–Trinajstić information content (AvgIpc) is 2.33. The predicted octanol–water partition coefficient (Wildman–Crippen LogP) is -0.719. The molecule has 74 valence electrons. The summed E-state index contributed by atoms with van der Waals surface area (Å²) in [5.74, 6) is -0.870. The molecule has 13 heavy (non-hydrogen) atoms. The molecule has 2 N–H and O–H groups in total. The van der Waals surface area contributed by atoms with E-state index < -0.39 is 5.97 Å². The summed E-state index contributed by atoms with van der Waals surface area (Å²) in [7, 11) is 0. The first-order valence-electron chi connectivity index (χ1n) is 4.29. The van der Waals surface area contributed by atoms with E-state index in [1.165, 1.54) is 6.92 Å². The van der Waals surface area contributed by atoms with Gasteiger partial charge in [-0.25, -0.2) is 0 Å². The minimum absolute atomic E-state index is 0.0535. The number of nitrogens with one attached hydrogen (secondary N) is 1. The van der Waals surface area contributed by atoms with E-state index in [2.05, 4.69) is 5.32 Å². The van der Waals surface area contributed by atoms with Gasteiger partial charge in [-0.05, 0) is 6.42 Å². The zero-order valence-corrected chi connectivity index (χ0v) is 7.62. The molecule has 0 aliphatic carbocycles. The van der Waals surface area contributed by atoms with Crippen LogP contribution < -0.4 is 5.32 Å². The van der Waals surface area contributed by atoms with E-state index in [-0.39, 0.29) is 18.5 Å². The molecule has 1 amide bonds.